The number of benzene rings is 1. The van der Waals surface area contributed by atoms with Crippen LogP contribution in [0.5, 0.6) is 0 Å². The van der Waals surface area contributed by atoms with Gasteiger partial charge in [0.25, 0.3) is 11.8 Å². The van der Waals surface area contributed by atoms with Gasteiger partial charge in [0.05, 0.1) is 20.8 Å². The van der Waals surface area contributed by atoms with Crippen molar-refractivity contribution < 1.29 is 35.8 Å². The highest BCUT2D eigenvalue weighted by atomic mass is 32.2. The van der Waals surface area contributed by atoms with E-state index in [0.717, 1.165) is 13.3 Å². The van der Waals surface area contributed by atoms with Crippen LogP contribution in [0.25, 0.3) is 0 Å². The fourth-order valence-electron chi connectivity index (χ4n) is 4.62. The molecule has 0 radical (unpaired) electrons. The van der Waals surface area contributed by atoms with Gasteiger partial charge in [0.15, 0.2) is 11.5 Å². The highest BCUT2D eigenvalue weighted by molar-refractivity contribution is 7.93. The predicted molar refractivity (Wildman–Crippen MR) is 138 cm³/mol. The number of halogens is 5. The Balaban J connectivity index is 1.68. The highest BCUT2D eigenvalue weighted by Crippen LogP contribution is 2.36. The first-order valence-corrected chi connectivity index (χ1v) is 14.5. The van der Waals surface area contributed by atoms with Gasteiger partial charge in [0.1, 0.15) is 0 Å². The fraction of sp³-hybridized carbons (Fsp3) is 0.520. The summed E-state index contributed by atoms with van der Waals surface area (Å²) in [4.78, 5) is 27.3. The molecule has 1 aromatic heterocycles. The van der Waals surface area contributed by atoms with Crippen molar-refractivity contribution in [2.45, 2.75) is 68.0 Å². The SMILES string of the molecule is Cc1c(C(F)(F)F)nnc(N2CCCC(F)(F)CC2)c1C(=O)Nc1cccc(S(C)(=O)=NC(=O)C2(N)CCC2)c1. The van der Waals surface area contributed by atoms with Crippen molar-refractivity contribution >= 4 is 33.0 Å². The van der Waals surface area contributed by atoms with E-state index < -0.39 is 68.8 Å². The molecular weight excluding hydrogens is 559 g/mol. The molecule has 4 rings (SSSR count). The zero-order valence-electron chi connectivity index (χ0n) is 21.9. The topological polar surface area (TPSA) is 131 Å². The second kappa shape index (κ2) is 10.7. The summed E-state index contributed by atoms with van der Waals surface area (Å²) in [6.45, 7) is 0.866. The molecule has 1 saturated heterocycles. The minimum atomic E-state index is -4.92. The summed E-state index contributed by atoms with van der Waals surface area (Å²) in [6.07, 6.45) is -2.99. The number of aromatic nitrogens is 2. The number of amides is 2. The molecule has 2 aliphatic rings. The lowest BCUT2D eigenvalue weighted by Crippen LogP contribution is -2.53. The molecule has 3 N–H and O–H groups in total. The van der Waals surface area contributed by atoms with E-state index in [0.29, 0.717) is 12.8 Å². The van der Waals surface area contributed by atoms with Crippen LogP contribution in [0.15, 0.2) is 33.5 Å². The largest absolute Gasteiger partial charge is 0.435 e. The van der Waals surface area contributed by atoms with Crippen LogP contribution in [0.1, 0.15) is 60.1 Å². The smallest absolute Gasteiger partial charge is 0.354 e. The Hall–Kier alpha value is -3.20. The molecule has 1 aliphatic heterocycles. The number of nitrogens with two attached hydrogens (primary N) is 1. The Morgan fingerprint density at radius 3 is 2.42 bits per heavy atom. The normalized spacial score (nSPS) is 20.1. The van der Waals surface area contributed by atoms with Crippen LogP contribution in [0.4, 0.5) is 33.5 Å². The van der Waals surface area contributed by atoms with E-state index in [1.54, 1.807) is 0 Å². The van der Waals surface area contributed by atoms with Crippen molar-refractivity contribution in [3.63, 3.8) is 0 Å². The fourth-order valence-corrected chi connectivity index (χ4v) is 5.90. The van der Waals surface area contributed by atoms with Crippen molar-refractivity contribution in [1.29, 1.82) is 0 Å². The number of anilines is 2. The highest BCUT2D eigenvalue weighted by Gasteiger charge is 2.41. The summed E-state index contributed by atoms with van der Waals surface area (Å²) in [5.74, 6) is -4.88. The van der Waals surface area contributed by atoms with Gasteiger partial charge < -0.3 is 16.0 Å². The van der Waals surface area contributed by atoms with Crippen molar-refractivity contribution in [2.24, 2.45) is 10.1 Å². The van der Waals surface area contributed by atoms with E-state index in [1.165, 1.54) is 35.4 Å². The van der Waals surface area contributed by atoms with Gasteiger partial charge >= 0.3 is 6.18 Å². The van der Waals surface area contributed by atoms with Crippen LogP contribution in [0.2, 0.25) is 0 Å². The third kappa shape index (κ3) is 6.24. The Morgan fingerprint density at radius 1 is 1.10 bits per heavy atom. The Morgan fingerprint density at radius 2 is 1.80 bits per heavy atom. The molecule has 2 aromatic rings. The van der Waals surface area contributed by atoms with E-state index in [1.807, 2.05) is 0 Å². The molecule has 1 saturated carbocycles. The van der Waals surface area contributed by atoms with Crippen LogP contribution in [-0.2, 0) is 20.7 Å². The number of nitrogens with zero attached hydrogens (tertiary/aromatic N) is 4. The van der Waals surface area contributed by atoms with Gasteiger partial charge in [0, 0.05) is 42.8 Å². The van der Waals surface area contributed by atoms with Crippen LogP contribution >= 0.6 is 0 Å². The summed E-state index contributed by atoms with van der Waals surface area (Å²) in [6, 6.07) is 5.58. The van der Waals surface area contributed by atoms with E-state index in [9.17, 15) is 35.8 Å². The molecular formula is C25H29F5N6O3S. The zero-order valence-corrected chi connectivity index (χ0v) is 22.7. The first-order chi connectivity index (χ1) is 18.5. The zero-order chi connectivity index (χ0) is 29.5. The Bertz CT molecular complexity index is 1450. The van der Waals surface area contributed by atoms with Gasteiger partial charge in [-0.15, -0.1) is 10.2 Å². The molecule has 218 valence electrons. The molecule has 9 nitrogen and oxygen atoms in total. The van der Waals surface area contributed by atoms with Gasteiger partial charge in [-0.1, -0.05) is 6.07 Å². The van der Waals surface area contributed by atoms with E-state index >= 15 is 0 Å². The molecule has 40 heavy (non-hydrogen) atoms. The van der Waals surface area contributed by atoms with Gasteiger partial charge in [-0.2, -0.15) is 17.5 Å². The molecule has 2 fully saturated rings. The number of nitrogens with one attached hydrogen (secondary N) is 1. The maximum absolute atomic E-state index is 14.0. The van der Waals surface area contributed by atoms with Crippen LogP contribution in [0.3, 0.4) is 0 Å². The Labute approximate surface area is 227 Å². The summed E-state index contributed by atoms with van der Waals surface area (Å²) < 4.78 is 85.9. The second-order valence-electron chi connectivity index (χ2n) is 10.3. The molecule has 15 heteroatoms. The van der Waals surface area contributed by atoms with Gasteiger partial charge in [0.2, 0.25) is 5.92 Å². The van der Waals surface area contributed by atoms with Gasteiger partial charge in [-0.05, 0) is 56.4 Å². The lowest BCUT2D eigenvalue weighted by atomic mass is 9.77. The summed E-state index contributed by atoms with van der Waals surface area (Å²) in [5.41, 5.74) is 2.53. The third-order valence-electron chi connectivity index (χ3n) is 7.17. The van der Waals surface area contributed by atoms with Crippen LogP contribution in [-0.4, -0.2) is 57.0 Å². The monoisotopic (exact) mass is 588 g/mol. The van der Waals surface area contributed by atoms with E-state index in [2.05, 4.69) is 19.9 Å². The van der Waals surface area contributed by atoms with E-state index in [4.69, 9.17) is 5.73 Å². The molecule has 2 heterocycles. The number of hydrogen-bond donors (Lipinski definition) is 2. The lowest BCUT2D eigenvalue weighted by molar-refractivity contribution is -0.142. The Kier molecular flexibility index (Phi) is 7.93. The summed E-state index contributed by atoms with van der Waals surface area (Å²) >= 11 is 0. The number of rotatable bonds is 5. The van der Waals surface area contributed by atoms with Crippen molar-refractivity contribution in [1.82, 2.24) is 10.2 Å². The molecule has 1 unspecified atom stereocenters. The summed E-state index contributed by atoms with van der Waals surface area (Å²) in [7, 11) is -3.27. The minimum absolute atomic E-state index is 0.0367. The van der Waals surface area contributed by atoms with Crippen LogP contribution < -0.4 is 16.0 Å². The van der Waals surface area contributed by atoms with Gasteiger partial charge in [-0.3, -0.25) is 9.59 Å². The van der Waals surface area contributed by atoms with Crippen LogP contribution in [0, 0.1) is 6.92 Å². The third-order valence-corrected chi connectivity index (χ3v) is 8.81. The standard InChI is InChI=1S/C25H29F5N6O3S/c1-15-18(20(34-33-19(15)25(28,29)30)36-12-5-10-24(26,27)11-13-36)21(37)32-16-6-3-7-17(14-16)40(2,39)35-22(38)23(31)8-4-9-23/h3,6-7,14H,4-5,8-13,31H2,1-2H3,(H,32,37). The predicted octanol–water partition coefficient (Wildman–Crippen LogP) is 4.55. The van der Waals surface area contributed by atoms with Crippen molar-refractivity contribution in [3.05, 3.63) is 41.1 Å². The number of carbonyl (C=O) groups excluding carboxylic acids is 2. The minimum Gasteiger partial charge on any atom is -0.354 e. The quantitative estimate of drug-likeness (QED) is 0.490. The first kappa shape index (κ1) is 29.8. The number of carbonyl (C=O) groups is 2. The van der Waals surface area contributed by atoms with Gasteiger partial charge in [-0.25, -0.2) is 13.0 Å². The summed E-state index contributed by atoms with van der Waals surface area (Å²) in [5, 5.41) is 9.40. The first-order valence-electron chi connectivity index (χ1n) is 12.6. The average molecular weight is 589 g/mol. The molecule has 1 aliphatic carbocycles. The second-order valence-corrected chi connectivity index (χ2v) is 12.5. The maximum Gasteiger partial charge on any atom is 0.435 e. The van der Waals surface area contributed by atoms with Crippen molar-refractivity contribution in [2.75, 3.05) is 29.6 Å². The van der Waals surface area contributed by atoms with Crippen molar-refractivity contribution in [3.8, 4) is 0 Å². The number of alkyl halides is 5. The van der Waals surface area contributed by atoms with E-state index in [-0.39, 0.29) is 35.9 Å². The molecule has 1 atom stereocenters. The molecule has 2 amide bonds. The number of hydrogen-bond acceptors (Lipinski definition) is 7. The molecule has 0 spiro atoms. The lowest BCUT2D eigenvalue weighted by Gasteiger charge is -2.34. The molecule has 0 bridgehead atoms. The average Bonchev–Trinajstić information content (AvgIpc) is 3.01. The molecule has 1 aromatic carbocycles. The maximum atomic E-state index is 14.0.